The second kappa shape index (κ2) is 4.89. The lowest BCUT2D eigenvalue weighted by molar-refractivity contribution is 0.401. The average Bonchev–Trinajstić information content (AvgIpc) is 2.92. The summed E-state index contributed by atoms with van der Waals surface area (Å²) in [6, 6.07) is 0.216. The van der Waals surface area contributed by atoms with E-state index in [4.69, 9.17) is 4.52 Å². The summed E-state index contributed by atoms with van der Waals surface area (Å²) < 4.78 is 7.15. The van der Waals surface area contributed by atoms with E-state index in [9.17, 15) is 0 Å². The Labute approximate surface area is 105 Å². The number of rotatable bonds is 2. The highest BCUT2D eigenvalue weighted by atomic mass is 16.5. The molecule has 96 valence electrons. The van der Waals surface area contributed by atoms with Crippen LogP contribution in [0, 0.1) is 0 Å². The van der Waals surface area contributed by atoms with Gasteiger partial charge in [0.15, 0.2) is 5.82 Å². The van der Waals surface area contributed by atoms with Crippen LogP contribution in [0.15, 0.2) is 17.0 Å². The van der Waals surface area contributed by atoms with Crippen molar-refractivity contribution in [2.45, 2.75) is 31.7 Å². The Morgan fingerprint density at radius 2 is 2.33 bits per heavy atom. The molecule has 1 aliphatic heterocycles. The molecule has 1 atom stereocenters. The molecule has 0 radical (unpaired) electrons. The predicted molar refractivity (Wildman–Crippen MR) is 65.7 cm³/mol. The summed E-state index contributed by atoms with van der Waals surface area (Å²) in [5.74, 6) is 1.24. The summed E-state index contributed by atoms with van der Waals surface area (Å²) >= 11 is 0. The van der Waals surface area contributed by atoms with Gasteiger partial charge in [0.2, 0.25) is 0 Å². The SMILES string of the molecule is Cn1cnc(-c2nc(C3CCCCCN3)no2)c1. The van der Waals surface area contributed by atoms with E-state index in [-0.39, 0.29) is 6.04 Å². The third kappa shape index (κ3) is 2.28. The monoisotopic (exact) mass is 247 g/mol. The molecule has 1 N–H and O–H groups in total. The van der Waals surface area contributed by atoms with E-state index in [1.807, 2.05) is 17.8 Å². The van der Waals surface area contributed by atoms with Gasteiger partial charge in [0.05, 0.1) is 12.4 Å². The van der Waals surface area contributed by atoms with Gasteiger partial charge < -0.3 is 14.4 Å². The van der Waals surface area contributed by atoms with Crippen LogP contribution >= 0.6 is 0 Å². The van der Waals surface area contributed by atoms with Crippen LogP contribution in [0.25, 0.3) is 11.6 Å². The first-order valence-corrected chi connectivity index (χ1v) is 6.38. The summed E-state index contributed by atoms with van der Waals surface area (Å²) in [6.07, 6.45) is 8.38. The fraction of sp³-hybridized carbons (Fsp3) is 0.583. The number of nitrogens with zero attached hydrogens (tertiary/aromatic N) is 4. The Bertz CT molecular complexity index is 510. The van der Waals surface area contributed by atoms with E-state index in [1.165, 1.54) is 19.3 Å². The zero-order valence-electron chi connectivity index (χ0n) is 10.5. The van der Waals surface area contributed by atoms with Crippen LogP contribution in [0.2, 0.25) is 0 Å². The highest BCUT2D eigenvalue weighted by Crippen LogP contribution is 2.22. The molecule has 0 aliphatic carbocycles. The zero-order valence-corrected chi connectivity index (χ0v) is 10.5. The molecule has 1 fully saturated rings. The van der Waals surface area contributed by atoms with Gasteiger partial charge in [-0.2, -0.15) is 4.98 Å². The van der Waals surface area contributed by atoms with Gasteiger partial charge in [-0.1, -0.05) is 18.0 Å². The number of imidazole rings is 1. The lowest BCUT2D eigenvalue weighted by Gasteiger charge is -2.09. The second-order valence-electron chi connectivity index (χ2n) is 4.74. The van der Waals surface area contributed by atoms with Crippen molar-refractivity contribution in [3.05, 3.63) is 18.3 Å². The largest absolute Gasteiger partial charge is 0.340 e. The summed E-state index contributed by atoms with van der Waals surface area (Å²) in [7, 11) is 1.92. The van der Waals surface area contributed by atoms with E-state index in [0.29, 0.717) is 5.89 Å². The summed E-state index contributed by atoms with van der Waals surface area (Å²) in [5.41, 5.74) is 0.727. The first-order chi connectivity index (χ1) is 8.83. The molecular formula is C12H17N5O. The van der Waals surface area contributed by atoms with Crippen LogP contribution in [-0.2, 0) is 7.05 Å². The van der Waals surface area contributed by atoms with E-state index < -0.39 is 0 Å². The van der Waals surface area contributed by atoms with Crippen molar-refractivity contribution in [1.29, 1.82) is 0 Å². The average molecular weight is 247 g/mol. The fourth-order valence-corrected chi connectivity index (χ4v) is 2.25. The van der Waals surface area contributed by atoms with Gasteiger partial charge in [-0.05, 0) is 19.4 Å². The third-order valence-electron chi connectivity index (χ3n) is 3.24. The van der Waals surface area contributed by atoms with Crippen LogP contribution in [0.1, 0.15) is 37.5 Å². The van der Waals surface area contributed by atoms with Crippen LogP contribution in [0.4, 0.5) is 0 Å². The van der Waals surface area contributed by atoms with Crippen molar-refractivity contribution in [3.8, 4) is 11.6 Å². The van der Waals surface area contributed by atoms with Gasteiger partial charge in [-0.25, -0.2) is 4.98 Å². The Kier molecular flexibility index (Phi) is 3.10. The van der Waals surface area contributed by atoms with Crippen LogP contribution in [-0.4, -0.2) is 26.2 Å². The molecule has 18 heavy (non-hydrogen) atoms. The van der Waals surface area contributed by atoms with Gasteiger partial charge in [0.25, 0.3) is 5.89 Å². The third-order valence-corrected chi connectivity index (χ3v) is 3.24. The molecular weight excluding hydrogens is 230 g/mol. The van der Waals surface area contributed by atoms with E-state index in [2.05, 4.69) is 20.4 Å². The second-order valence-corrected chi connectivity index (χ2v) is 4.74. The first-order valence-electron chi connectivity index (χ1n) is 6.38. The molecule has 2 aromatic heterocycles. The van der Waals surface area contributed by atoms with Crippen molar-refractivity contribution in [1.82, 2.24) is 25.0 Å². The molecule has 1 saturated heterocycles. The standard InChI is InChI=1S/C12H17N5O/c1-17-7-10(14-8-17)12-15-11(16-18-12)9-5-3-2-4-6-13-9/h7-9,13H,2-6H2,1H3. The van der Waals surface area contributed by atoms with Gasteiger partial charge in [0.1, 0.15) is 5.69 Å². The molecule has 0 aromatic carbocycles. The Morgan fingerprint density at radius 1 is 1.39 bits per heavy atom. The molecule has 6 nitrogen and oxygen atoms in total. The summed E-state index contributed by atoms with van der Waals surface area (Å²) in [5, 5.41) is 7.53. The maximum absolute atomic E-state index is 5.28. The van der Waals surface area contributed by atoms with Gasteiger partial charge >= 0.3 is 0 Å². The summed E-state index contributed by atoms with van der Waals surface area (Å²) in [6.45, 7) is 1.03. The van der Waals surface area contributed by atoms with Crippen molar-refractivity contribution in [3.63, 3.8) is 0 Å². The lowest BCUT2D eigenvalue weighted by atomic mass is 10.1. The number of aromatic nitrogens is 4. The molecule has 0 saturated carbocycles. The van der Waals surface area contributed by atoms with Crippen molar-refractivity contribution >= 4 is 0 Å². The molecule has 0 spiro atoms. The molecule has 2 aromatic rings. The highest BCUT2D eigenvalue weighted by molar-refractivity contribution is 5.44. The fourth-order valence-electron chi connectivity index (χ4n) is 2.25. The molecule has 0 bridgehead atoms. The Hall–Kier alpha value is -1.69. The molecule has 3 heterocycles. The molecule has 6 heteroatoms. The van der Waals surface area contributed by atoms with Crippen LogP contribution < -0.4 is 5.32 Å². The number of hydrogen-bond acceptors (Lipinski definition) is 5. The maximum Gasteiger partial charge on any atom is 0.278 e. The number of nitrogens with one attached hydrogen (secondary N) is 1. The van der Waals surface area contributed by atoms with E-state index in [0.717, 1.165) is 24.5 Å². The number of aryl methyl sites for hydroxylation is 1. The van der Waals surface area contributed by atoms with Gasteiger partial charge in [-0.15, -0.1) is 0 Å². The highest BCUT2D eigenvalue weighted by Gasteiger charge is 2.20. The van der Waals surface area contributed by atoms with Crippen molar-refractivity contribution in [2.24, 2.45) is 7.05 Å². The Morgan fingerprint density at radius 3 is 3.17 bits per heavy atom. The predicted octanol–water partition coefficient (Wildman–Crippen LogP) is 1.67. The topological polar surface area (TPSA) is 68.8 Å². The molecule has 1 unspecified atom stereocenters. The first kappa shape index (κ1) is 11.4. The van der Waals surface area contributed by atoms with Gasteiger partial charge in [0, 0.05) is 13.2 Å². The minimum absolute atomic E-state index is 0.216. The van der Waals surface area contributed by atoms with Crippen molar-refractivity contribution in [2.75, 3.05) is 6.54 Å². The van der Waals surface area contributed by atoms with Crippen LogP contribution in [0.5, 0.6) is 0 Å². The Balaban J connectivity index is 1.80. The van der Waals surface area contributed by atoms with E-state index in [1.54, 1.807) is 6.33 Å². The minimum Gasteiger partial charge on any atom is -0.340 e. The van der Waals surface area contributed by atoms with Gasteiger partial charge in [-0.3, -0.25) is 0 Å². The summed E-state index contributed by atoms with van der Waals surface area (Å²) in [4.78, 5) is 8.65. The number of hydrogen-bond donors (Lipinski definition) is 1. The quantitative estimate of drug-likeness (QED) is 0.874. The maximum atomic E-state index is 5.28. The zero-order chi connectivity index (χ0) is 12.4. The molecule has 1 aliphatic rings. The molecule has 0 amide bonds. The van der Waals surface area contributed by atoms with Crippen molar-refractivity contribution < 1.29 is 4.52 Å². The van der Waals surface area contributed by atoms with E-state index >= 15 is 0 Å². The van der Waals surface area contributed by atoms with Crippen LogP contribution in [0.3, 0.4) is 0 Å². The smallest absolute Gasteiger partial charge is 0.278 e. The lowest BCUT2D eigenvalue weighted by Crippen LogP contribution is -2.21. The minimum atomic E-state index is 0.216. The normalized spacial score (nSPS) is 20.8. The molecule has 3 rings (SSSR count).